The predicted molar refractivity (Wildman–Crippen MR) is 107 cm³/mol. The van der Waals surface area contributed by atoms with E-state index in [1.807, 2.05) is 6.92 Å². The molecule has 2 heterocycles. The van der Waals surface area contributed by atoms with E-state index in [1.54, 1.807) is 17.4 Å². The number of alkyl halides is 2. The standard InChI is InChI=1S/C19H24F2N4O3S/c1-3-17-25-13(10-29-17)5-6-23-19(22-4-2)24-9-12-7-15-16(27-11-26-15)8-14(12)28-18(20)21/h7-8,10,18H,3-6,9,11H2,1-2H3,(H2,22,23,24). The number of nitrogens with one attached hydrogen (secondary N) is 2. The van der Waals surface area contributed by atoms with Gasteiger partial charge in [0.2, 0.25) is 6.79 Å². The number of rotatable bonds is 9. The van der Waals surface area contributed by atoms with Crippen LogP contribution in [0.15, 0.2) is 22.5 Å². The highest BCUT2D eigenvalue weighted by atomic mass is 32.1. The molecular formula is C19H24F2N4O3S. The number of hydrogen-bond donors (Lipinski definition) is 2. The van der Waals surface area contributed by atoms with Crippen LogP contribution in [0.3, 0.4) is 0 Å². The van der Waals surface area contributed by atoms with Crippen LogP contribution in [0.25, 0.3) is 0 Å². The number of aromatic nitrogens is 1. The van der Waals surface area contributed by atoms with Crippen molar-refractivity contribution in [2.24, 2.45) is 4.99 Å². The summed E-state index contributed by atoms with van der Waals surface area (Å²) in [5, 5.41) is 9.56. The van der Waals surface area contributed by atoms with Crippen LogP contribution in [0.4, 0.5) is 8.78 Å². The van der Waals surface area contributed by atoms with Crippen molar-refractivity contribution in [3.8, 4) is 17.2 Å². The molecule has 3 rings (SSSR count). The van der Waals surface area contributed by atoms with Gasteiger partial charge in [0, 0.05) is 36.5 Å². The highest BCUT2D eigenvalue weighted by Gasteiger charge is 2.20. The average Bonchev–Trinajstić information content (AvgIpc) is 3.34. The zero-order valence-electron chi connectivity index (χ0n) is 16.3. The van der Waals surface area contributed by atoms with E-state index in [0.717, 1.165) is 23.5 Å². The maximum absolute atomic E-state index is 12.8. The van der Waals surface area contributed by atoms with E-state index in [2.05, 4.69) is 37.7 Å². The Morgan fingerprint density at radius 2 is 2.07 bits per heavy atom. The number of benzene rings is 1. The monoisotopic (exact) mass is 426 g/mol. The fourth-order valence-corrected chi connectivity index (χ4v) is 3.52. The largest absolute Gasteiger partial charge is 0.454 e. The molecule has 2 aromatic rings. The van der Waals surface area contributed by atoms with Crippen molar-refractivity contribution in [2.45, 2.75) is 39.8 Å². The number of thiazole rings is 1. The molecule has 1 aromatic carbocycles. The first kappa shape index (κ1) is 21.1. The van der Waals surface area contributed by atoms with Crippen molar-refractivity contribution in [1.82, 2.24) is 15.6 Å². The van der Waals surface area contributed by atoms with Gasteiger partial charge in [-0.2, -0.15) is 8.78 Å². The highest BCUT2D eigenvalue weighted by Crippen LogP contribution is 2.39. The molecular weight excluding hydrogens is 402 g/mol. The van der Waals surface area contributed by atoms with Crippen LogP contribution in [-0.2, 0) is 19.4 Å². The van der Waals surface area contributed by atoms with Gasteiger partial charge in [0.15, 0.2) is 17.5 Å². The lowest BCUT2D eigenvalue weighted by atomic mass is 10.1. The van der Waals surface area contributed by atoms with Crippen LogP contribution in [0.1, 0.15) is 30.1 Å². The Morgan fingerprint density at radius 1 is 1.28 bits per heavy atom. The summed E-state index contributed by atoms with van der Waals surface area (Å²) in [6.45, 7) is 2.62. The number of halogens is 2. The summed E-state index contributed by atoms with van der Waals surface area (Å²) in [6.07, 6.45) is 1.70. The first-order valence-electron chi connectivity index (χ1n) is 9.41. The molecule has 0 atom stereocenters. The Morgan fingerprint density at radius 3 is 2.76 bits per heavy atom. The SMILES string of the molecule is CCNC(=NCc1cc2c(cc1OC(F)F)OCO2)NCCc1csc(CC)n1. The average molecular weight is 426 g/mol. The Kier molecular flexibility index (Phi) is 7.45. The molecule has 0 spiro atoms. The van der Waals surface area contributed by atoms with Crippen LogP contribution in [-0.4, -0.2) is 37.4 Å². The number of aliphatic imine (C=N–C) groups is 1. The third kappa shape index (κ3) is 5.93. The molecule has 1 aromatic heterocycles. The maximum Gasteiger partial charge on any atom is 0.387 e. The van der Waals surface area contributed by atoms with Gasteiger partial charge in [-0.25, -0.2) is 9.98 Å². The van der Waals surface area contributed by atoms with E-state index in [-0.39, 0.29) is 19.1 Å². The molecule has 10 heteroatoms. The Labute approximate surface area is 172 Å². The van der Waals surface area contributed by atoms with Crippen LogP contribution in [0.2, 0.25) is 0 Å². The fourth-order valence-electron chi connectivity index (χ4n) is 2.74. The summed E-state index contributed by atoms with van der Waals surface area (Å²) in [5.74, 6) is 1.48. The van der Waals surface area contributed by atoms with E-state index >= 15 is 0 Å². The molecule has 7 nitrogen and oxygen atoms in total. The number of aryl methyl sites for hydroxylation is 1. The van der Waals surface area contributed by atoms with Crippen molar-refractivity contribution >= 4 is 17.3 Å². The van der Waals surface area contributed by atoms with Gasteiger partial charge < -0.3 is 24.8 Å². The van der Waals surface area contributed by atoms with Gasteiger partial charge in [-0.1, -0.05) is 6.92 Å². The lowest BCUT2D eigenvalue weighted by molar-refractivity contribution is -0.0505. The number of hydrogen-bond acceptors (Lipinski definition) is 6. The van der Waals surface area contributed by atoms with E-state index < -0.39 is 6.61 Å². The second-order valence-electron chi connectivity index (χ2n) is 6.15. The lowest BCUT2D eigenvalue weighted by Crippen LogP contribution is -2.38. The van der Waals surface area contributed by atoms with Crippen LogP contribution < -0.4 is 24.8 Å². The molecule has 29 heavy (non-hydrogen) atoms. The smallest absolute Gasteiger partial charge is 0.387 e. The van der Waals surface area contributed by atoms with Gasteiger partial charge in [-0.15, -0.1) is 11.3 Å². The molecule has 0 fully saturated rings. The van der Waals surface area contributed by atoms with Gasteiger partial charge in [0.05, 0.1) is 17.2 Å². The first-order valence-corrected chi connectivity index (χ1v) is 10.3. The van der Waals surface area contributed by atoms with Crippen molar-refractivity contribution < 1.29 is 23.0 Å². The molecule has 2 N–H and O–H groups in total. The van der Waals surface area contributed by atoms with Gasteiger partial charge in [0.25, 0.3) is 0 Å². The van der Waals surface area contributed by atoms with Crippen LogP contribution in [0.5, 0.6) is 17.2 Å². The second-order valence-corrected chi connectivity index (χ2v) is 7.09. The Bertz CT molecular complexity index is 845. The van der Waals surface area contributed by atoms with E-state index in [1.165, 1.54) is 6.07 Å². The van der Waals surface area contributed by atoms with Gasteiger partial charge in [0.1, 0.15) is 5.75 Å². The topological polar surface area (TPSA) is 77.0 Å². The zero-order chi connectivity index (χ0) is 20.6. The van der Waals surface area contributed by atoms with Gasteiger partial charge >= 0.3 is 6.61 Å². The summed E-state index contributed by atoms with van der Waals surface area (Å²) >= 11 is 1.66. The first-order chi connectivity index (χ1) is 14.1. The Balaban J connectivity index is 1.65. The quantitative estimate of drug-likeness (QED) is 0.473. The molecule has 0 aliphatic carbocycles. The van der Waals surface area contributed by atoms with Gasteiger partial charge in [-0.3, -0.25) is 0 Å². The fraction of sp³-hybridized carbons (Fsp3) is 0.474. The number of nitrogens with zero attached hydrogens (tertiary/aromatic N) is 2. The van der Waals surface area contributed by atoms with Crippen molar-refractivity contribution in [3.63, 3.8) is 0 Å². The maximum atomic E-state index is 12.8. The lowest BCUT2D eigenvalue weighted by Gasteiger charge is -2.13. The normalized spacial score (nSPS) is 13.1. The summed E-state index contributed by atoms with van der Waals surface area (Å²) in [4.78, 5) is 9.03. The number of guanidine groups is 1. The summed E-state index contributed by atoms with van der Waals surface area (Å²) in [6, 6.07) is 3.03. The molecule has 158 valence electrons. The van der Waals surface area contributed by atoms with Crippen molar-refractivity contribution in [2.75, 3.05) is 19.9 Å². The molecule has 0 saturated carbocycles. The van der Waals surface area contributed by atoms with Crippen molar-refractivity contribution in [3.05, 3.63) is 33.8 Å². The van der Waals surface area contributed by atoms with E-state index in [0.29, 0.717) is 36.1 Å². The van der Waals surface area contributed by atoms with Crippen LogP contribution >= 0.6 is 11.3 Å². The second kappa shape index (κ2) is 10.2. The minimum Gasteiger partial charge on any atom is -0.454 e. The summed E-state index contributed by atoms with van der Waals surface area (Å²) < 4.78 is 40.7. The zero-order valence-corrected chi connectivity index (χ0v) is 17.2. The van der Waals surface area contributed by atoms with E-state index in [9.17, 15) is 8.78 Å². The molecule has 0 radical (unpaired) electrons. The Hall–Kier alpha value is -2.62. The number of ether oxygens (including phenoxy) is 3. The number of fused-ring (bicyclic) bond motifs is 1. The molecule has 0 saturated heterocycles. The molecule has 0 bridgehead atoms. The van der Waals surface area contributed by atoms with Crippen LogP contribution in [0, 0.1) is 0 Å². The summed E-state index contributed by atoms with van der Waals surface area (Å²) in [5.41, 5.74) is 1.53. The third-order valence-electron chi connectivity index (χ3n) is 4.10. The van der Waals surface area contributed by atoms with Gasteiger partial charge in [-0.05, 0) is 19.4 Å². The molecule has 0 amide bonds. The van der Waals surface area contributed by atoms with E-state index in [4.69, 9.17) is 9.47 Å². The molecule has 1 aliphatic heterocycles. The predicted octanol–water partition coefficient (Wildman–Crippen LogP) is 3.33. The minimum atomic E-state index is -2.93. The molecule has 1 aliphatic rings. The third-order valence-corrected chi connectivity index (χ3v) is 5.14. The van der Waals surface area contributed by atoms with Crippen molar-refractivity contribution in [1.29, 1.82) is 0 Å². The summed E-state index contributed by atoms with van der Waals surface area (Å²) in [7, 11) is 0. The highest BCUT2D eigenvalue weighted by molar-refractivity contribution is 7.09. The minimum absolute atomic E-state index is 0.0263. The molecule has 0 unspecified atom stereocenters.